The molecule has 1 rings (SSSR count). The zero-order valence-electron chi connectivity index (χ0n) is 6.43. The van der Waals surface area contributed by atoms with E-state index >= 15 is 0 Å². The maximum Gasteiger partial charge on any atom is 0.418 e. The quantitative estimate of drug-likeness (QED) is 0.599. The molecule has 0 unspecified atom stereocenters. The van der Waals surface area contributed by atoms with Gasteiger partial charge >= 0.3 is 6.18 Å². The number of anilines is 1. The summed E-state index contributed by atoms with van der Waals surface area (Å²) in [5.74, 6) is 4.90. The van der Waals surface area contributed by atoms with Crippen LogP contribution in [0.15, 0.2) is 24.3 Å². The number of rotatable bonds is 1. The first-order valence-electron chi connectivity index (χ1n) is 3.18. The predicted octanol–water partition coefficient (Wildman–Crippen LogP) is 2.57. The largest absolute Gasteiger partial charge is 0.418 e. The van der Waals surface area contributed by atoms with E-state index in [2.05, 4.69) is 0 Å². The lowest BCUT2D eigenvalue weighted by atomic mass is 10.2. The second-order valence-electron chi connectivity index (χ2n) is 2.19. The van der Waals surface area contributed by atoms with Crippen molar-refractivity contribution in [3.05, 3.63) is 29.8 Å². The van der Waals surface area contributed by atoms with Gasteiger partial charge in [0.25, 0.3) is 0 Å². The van der Waals surface area contributed by atoms with Gasteiger partial charge in [0.2, 0.25) is 0 Å². The summed E-state index contributed by atoms with van der Waals surface area (Å²) in [6.45, 7) is 0. The molecule has 0 heterocycles. The van der Waals surface area contributed by atoms with Crippen molar-refractivity contribution in [3.63, 3.8) is 0 Å². The summed E-state index contributed by atoms with van der Waals surface area (Å²) in [7, 11) is 0. The van der Waals surface area contributed by atoms with E-state index in [1.54, 1.807) is 0 Å². The van der Waals surface area contributed by atoms with Crippen LogP contribution in [0.3, 0.4) is 0 Å². The Morgan fingerprint density at radius 2 is 1.69 bits per heavy atom. The van der Waals surface area contributed by atoms with E-state index in [0.717, 1.165) is 6.07 Å². The van der Waals surface area contributed by atoms with Crippen LogP contribution in [-0.4, -0.2) is 0 Å². The first-order chi connectivity index (χ1) is 5.55. The van der Waals surface area contributed by atoms with Crippen LogP contribution >= 0.6 is 17.0 Å². The van der Waals surface area contributed by atoms with Gasteiger partial charge in [-0.1, -0.05) is 12.1 Å². The highest BCUT2D eigenvalue weighted by atomic mass is 79.9. The van der Waals surface area contributed by atoms with E-state index in [-0.39, 0.29) is 22.7 Å². The van der Waals surface area contributed by atoms with E-state index in [1.807, 2.05) is 5.43 Å². The van der Waals surface area contributed by atoms with E-state index < -0.39 is 11.7 Å². The number of halogens is 4. The zero-order valence-corrected chi connectivity index (χ0v) is 8.14. The van der Waals surface area contributed by atoms with Crippen molar-refractivity contribution in [3.8, 4) is 0 Å². The fourth-order valence-electron chi connectivity index (χ4n) is 0.856. The average molecular weight is 257 g/mol. The third-order valence-corrected chi connectivity index (χ3v) is 1.39. The Hall–Kier alpha value is -0.750. The number of hydrogen-bond acceptors (Lipinski definition) is 2. The summed E-state index contributed by atoms with van der Waals surface area (Å²) >= 11 is 0. The second-order valence-corrected chi connectivity index (χ2v) is 2.19. The van der Waals surface area contributed by atoms with E-state index in [9.17, 15) is 13.2 Å². The lowest BCUT2D eigenvalue weighted by Crippen LogP contribution is -2.14. The third kappa shape index (κ3) is 2.89. The minimum atomic E-state index is -4.36. The van der Waals surface area contributed by atoms with Crippen molar-refractivity contribution >= 4 is 22.7 Å². The van der Waals surface area contributed by atoms with Gasteiger partial charge in [0.15, 0.2) is 0 Å². The highest BCUT2D eigenvalue weighted by Gasteiger charge is 2.32. The fraction of sp³-hybridized carbons (Fsp3) is 0.143. The zero-order chi connectivity index (χ0) is 9.19. The minimum absolute atomic E-state index is 0. The number of para-hydroxylation sites is 1. The van der Waals surface area contributed by atoms with Gasteiger partial charge in [-0.2, -0.15) is 13.2 Å². The lowest BCUT2D eigenvalue weighted by Gasteiger charge is -2.10. The van der Waals surface area contributed by atoms with Crippen LogP contribution in [0.25, 0.3) is 0 Å². The SMILES string of the molecule is Br.NNc1ccccc1C(F)(F)F. The van der Waals surface area contributed by atoms with Crippen molar-refractivity contribution < 1.29 is 13.2 Å². The standard InChI is InChI=1S/C7H7F3N2.BrH/c8-7(9,10)5-3-1-2-4-6(5)12-11;/h1-4,12H,11H2;1H. The van der Waals surface area contributed by atoms with Crippen LogP contribution < -0.4 is 11.3 Å². The predicted molar refractivity (Wildman–Crippen MR) is 49.6 cm³/mol. The molecule has 0 amide bonds. The van der Waals surface area contributed by atoms with Gasteiger partial charge < -0.3 is 5.43 Å². The molecule has 0 atom stereocenters. The molecule has 0 spiro atoms. The Morgan fingerprint density at radius 1 is 1.15 bits per heavy atom. The molecule has 0 bridgehead atoms. The number of hydrazine groups is 1. The molecule has 0 saturated carbocycles. The number of nitrogens with one attached hydrogen (secondary N) is 1. The van der Waals surface area contributed by atoms with Crippen LogP contribution in [-0.2, 0) is 6.18 Å². The van der Waals surface area contributed by atoms with Crippen LogP contribution in [0, 0.1) is 0 Å². The molecule has 1 aromatic rings. The second kappa shape index (κ2) is 4.48. The Balaban J connectivity index is 0.00000144. The average Bonchev–Trinajstić information content (AvgIpc) is 2.03. The molecule has 1 aromatic carbocycles. The highest BCUT2D eigenvalue weighted by Crippen LogP contribution is 2.33. The van der Waals surface area contributed by atoms with Crippen molar-refractivity contribution in [1.29, 1.82) is 0 Å². The Morgan fingerprint density at radius 3 is 2.08 bits per heavy atom. The molecule has 2 nitrogen and oxygen atoms in total. The molecule has 6 heteroatoms. The van der Waals surface area contributed by atoms with Crippen molar-refractivity contribution in [2.45, 2.75) is 6.18 Å². The monoisotopic (exact) mass is 256 g/mol. The third-order valence-electron chi connectivity index (χ3n) is 1.39. The molecule has 74 valence electrons. The molecule has 0 saturated heterocycles. The number of nitrogens with two attached hydrogens (primary N) is 1. The summed E-state index contributed by atoms with van der Waals surface area (Å²) in [4.78, 5) is 0. The van der Waals surface area contributed by atoms with Crippen molar-refractivity contribution in [2.24, 2.45) is 5.84 Å². The molecular weight excluding hydrogens is 249 g/mol. The van der Waals surface area contributed by atoms with Crippen molar-refractivity contribution in [2.75, 3.05) is 5.43 Å². The number of hydrogen-bond donors (Lipinski definition) is 2. The number of nitrogen functional groups attached to an aromatic ring is 1. The van der Waals surface area contributed by atoms with Gasteiger partial charge in [0.05, 0.1) is 11.3 Å². The topological polar surface area (TPSA) is 38.0 Å². The summed E-state index contributed by atoms with van der Waals surface area (Å²) in [6.07, 6.45) is -4.36. The van der Waals surface area contributed by atoms with Gasteiger partial charge in [0, 0.05) is 0 Å². The molecule has 0 aliphatic carbocycles. The van der Waals surface area contributed by atoms with E-state index in [1.165, 1.54) is 18.2 Å². The molecular formula is C7H8BrF3N2. The highest BCUT2D eigenvalue weighted by molar-refractivity contribution is 8.93. The van der Waals surface area contributed by atoms with E-state index in [4.69, 9.17) is 5.84 Å². The first-order valence-corrected chi connectivity index (χ1v) is 3.18. The molecule has 13 heavy (non-hydrogen) atoms. The summed E-state index contributed by atoms with van der Waals surface area (Å²) < 4.78 is 36.4. The van der Waals surface area contributed by atoms with Crippen LogP contribution in [0.4, 0.5) is 18.9 Å². The lowest BCUT2D eigenvalue weighted by molar-refractivity contribution is -0.136. The van der Waals surface area contributed by atoms with Gasteiger partial charge in [-0.05, 0) is 12.1 Å². The van der Waals surface area contributed by atoms with Gasteiger partial charge in [-0.25, -0.2) is 0 Å². The van der Waals surface area contributed by atoms with Gasteiger partial charge in [0.1, 0.15) is 0 Å². The molecule has 3 N–H and O–H groups in total. The maximum atomic E-state index is 12.1. The van der Waals surface area contributed by atoms with Crippen molar-refractivity contribution in [1.82, 2.24) is 0 Å². The van der Waals surface area contributed by atoms with Crippen LogP contribution in [0.2, 0.25) is 0 Å². The van der Waals surface area contributed by atoms with E-state index in [0.29, 0.717) is 0 Å². The molecule has 0 aliphatic heterocycles. The maximum absolute atomic E-state index is 12.1. The Bertz CT molecular complexity index is 275. The van der Waals surface area contributed by atoms with Gasteiger partial charge in [-0.15, -0.1) is 17.0 Å². The molecule has 0 aromatic heterocycles. The first kappa shape index (κ1) is 12.2. The summed E-state index contributed by atoms with van der Waals surface area (Å²) in [6, 6.07) is 5.02. The van der Waals surface area contributed by atoms with Gasteiger partial charge in [-0.3, -0.25) is 5.84 Å². The summed E-state index contributed by atoms with van der Waals surface area (Å²) in [5, 5.41) is 0. The number of alkyl halides is 3. The normalized spacial score (nSPS) is 10.5. The van der Waals surface area contributed by atoms with Crippen LogP contribution in [0.5, 0.6) is 0 Å². The van der Waals surface area contributed by atoms with Crippen LogP contribution in [0.1, 0.15) is 5.56 Å². The molecule has 0 fully saturated rings. The summed E-state index contributed by atoms with van der Waals surface area (Å²) in [5.41, 5.74) is 1.10. The number of benzene rings is 1. The molecule has 0 radical (unpaired) electrons. The Kier molecular flexibility index (Phi) is 4.22. The minimum Gasteiger partial charge on any atom is -0.324 e. The smallest absolute Gasteiger partial charge is 0.324 e. The fourth-order valence-corrected chi connectivity index (χ4v) is 0.856. The Labute approximate surface area is 83.7 Å². The molecule has 0 aliphatic rings.